The van der Waals surface area contributed by atoms with E-state index in [0.29, 0.717) is 17.9 Å². The molecule has 29 heavy (non-hydrogen) atoms. The number of aliphatic imine (C=N–C) groups is 1. The molecule has 0 atom stereocenters. The van der Waals surface area contributed by atoms with Crippen LogP contribution in [0.25, 0.3) is 6.08 Å². The number of cyclic esters (lactones) is 1. The van der Waals surface area contributed by atoms with Crippen LogP contribution in [0.15, 0.2) is 86.5 Å². The monoisotopic (exact) mass is 451 g/mol. The predicted molar refractivity (Wildman–Crippen MR) is 109 cm³/mol. The summed E-state index contributed by atoms with van der Waals surface area (Å²) < 4.78 is 16.5. The summed E-state index contributed by atoms with van der Waals surface area (Å²) in [6, 6.07) is 17.8. The van der Waals surface area contributed by atoms with Crippen LogP contribution in [0, 0.1) is 0 Å². The van der Waals surface area contributed by atoms with Gasteiger partial charge in [-0.05, 0) is 42.0 Å². The van der Waals surface area contributed by atoms with Crippen molar-refractivity contribution < 1.29 is 23.5 Å². The van der Waals surface area contributed by atoms with Crippen LogP contribution in [-0.2, 0) is 16.0 Å². The lowest BCUT2D eigenvalue weighted by molar-refractivity contribution is -0.130. The van der Waals surface area contributed by atoms with E-state index in [1.54, 1.807) is 24.3 Å². The maximum atomic E-state index is 12.2. The number of esters is 2. The predicted octanol–water partition coefficient (Wildman–Crippen LogP) is 4.80. The summed E-state index contributed by atoms with van der Waals surface area (Å²) in [7, 11) is 0. The second-order valence-electron chi connectivity index (χ2n) is 6.14. The van der Waals surface area contributed by atoms with E-state index in [4.69, 9.17) is 13.9 Å². The van der Waals surface area contributed by atoms with Crippen LogP contribution in [0.3, 0.4) is 0 Å². The average molecular weight is 452 g/mol. The standard InChI is InChI=1S/C22H14BrNO5/c23-16-8-9-18(28-22(26)19-7-4-10-27-19)15(12-16)13-17-21(25)29-20(24-17)11-14-5-2-1-3-6-14/h1-10,12-13H,11H2/b17-13+. The Bertz CT molecular complexity index is 1120. The molecule has 144 valence electrons. The van der Waals surface area contributed by atoms with Gasteiger partial charge in [-0.3, -0.25) is 0 Å². The topological polar surface area (TPSA) is 78.1 Å². The highest BCUT2D eigenvalue weighted by Gasteiger charge is 2.24. The number of carbonyl (C=O) groups excluding carboxylic acids is 2. The molecule has 6 nitrogen and oxygen atoms in total. The van der Waals surface area contributed by atoms with Crippen LogP contribution in [0.5, 0.6) is 5.75 Å². The number of ether oxygens (including phenoxy) is 2. The minimum absolute atomic E-state index is 0.0787. The molecule has 0 bridgehead atoms. The Morgan fingerprint density at radius 2 is 1.93 bits per heavy atom. The molecular formula is C22H14BrNO5. The van der Waals surface area contributed by atoms with Gasteiger partial charge in [0, 0.05) is 16.5 Å². The van der Waals surface area contributed by atoms with Gasteiger partial charge in [0.05, 0.1) is 6.26 Å². The van der Waals surface area contributed by atoms with Crippen molar-refractivity contribution in [3.05, 3.63) is 94.0 Å². The largest absolute Gasteiger partial charge is 0.457 e. The van der Waals surface area contributed by atoms with Crippen LogP contribution in [-0.4, -0.2) is 17.8 Å². The number of nitrogens with zero attached hydrogens (tertiary/aromatic N) is 1. The number of hydrogen-bond acceptors (Lipinski definition) is 6. The fourth-order valence-corrected chi connectivity index (χ4v) is 3.10. The van der Waals surface area contributed by atoms with Gasteiger partial charge in [0.1, 0.15) is 5.75 Å². The molecule has 7 heteroatoms. The molecule has 0 amide bonds. The maximum Gasteiger partial charge on any atom is 0.379 e. The smallest absolute Gasteiger partial charge is 0.379 e. The van der Waals surface area contributed by atoms with Crippen molar-refractivity contribution in [2.75, 3.05) is 0 Å². The van der Waals surface area contributed by atoms with Crippen molar-refractivity contribution in [2.24, 2.45) is 4.99 Å². The molecule has 0 saturated carbocycles. The minimum Gasteiger partial charge on any atom is -0.457 e. The van der Waals surface area contributed by atoms with E-state index in [9.17, 15) is 9.59 Å². The van der Waals surface area contributed by atoms with Crippen molar-refractivity contribution in [1.82, 2.24) is 0 Å². The van der Waals surface area contributed by atoms with Gasteiger partial charge in [0.25, 0.3) is 0 Å². The Morgan fingerprint density at radius 1 is 1.10 bits per heavy atom. The second kappa shape index (κ2) is 8.28. The number of rotatable bonds is 5. The van der Waals surface area contributed by atoms with Gasteiger partial charge in [-0.2, -0.15) is 0 Å². The van der Waals surface area contributed by atoms with E-state index in [0.717, 1.165) is 10.0 Å². The lowest BCUT2D eigenvalue weighted by Gasteiger charge is -2.07. The third-order valence-corrected chi connectivity index (χ3v) is 4.55. The third kappa shape index (κ3) is 4.52. The average Bonchev–Trinajstić information content (AvgIpc) is 3.35. The van der Waals surface area contributed by atoms with E-state index in [-0.39, 0.29) is 17.2 Å². The summed E-state index contributed by atoms with van der Waals surface area (Å²) in [6.07, 6.45) is 3.32. The maximum absolute atomic E-state index is 12.2. The summed E-state index contributed by atoms with van der Waals surface area (Å²) in [5.74, 6) is -0.536. The molecule has 1 aliphatic rings. The zero-order valence-electron chi connectivity index (χ0n) is 15.0. The van der Waals surface area contributed by atoms with Gasteiger partial charge in [0.15, 0.2) is 5.70 Å². The SMILES string of the molecule is O=C1OC(Cc2ccccc2)=N/C1=C/c1cc(Br)ccc1OC(=O)c1ccco1. The summed E-state index contributed by atoms with van der Waals surface area (Å²) in [4.78, 5) is 28.7. The Morgan fingerprint density at radius 3 is 2.69 bits per heavy atom. The molecule has 2 heterocycles. The van der Waals surface area contributed by atoms with Gasteiger partial charge in [0.2, 0.25) is 11.7 Å². The first kappa shape index (κ1) is 18.9. The fraction of sp³-hybridized carbons (Fsp3) is 0.0455. The quantitative estimate of drug-likeness (QED) is 0.316. The second-order valence-corrected chi connectivity index (χ2v) is 7.05. The molecular weight excluding hydrogens is 438 g/mol. The molecule has 0 radical (unpaired) electrons. The summed E-state index contributed by atoms with van der Waals surface area (Å²) >= 11 is 3.38. The lowest BCUT2D eigenvalue weighted by Crippen LogP contribution is -2.08. The van der Waals surface area contributed by atoms with Crippen molar-refractivity contribution >= 4 is 39.8 Å². The first-order valence-corrected chi connectivity index (χ1v) is 9.48. The number of halogens is 1. The zero-order valence-corrected chi connectivity index (χ0v) is 16.6. The van der Waals surface area contributed by atoms with Crippen molar-refractivity contribution in [3.63, 3.8) is 0 Å². The van der Waals surface area contributed by atoms with Gasteiger partial charge in [-0.25, -0.2) is 14.6 Å². The molecule has 0 spiro atoms. The van der Waals surface area contributed by atoms with E-state index in [2.05, 4.69) is 20.9 Å². The third-order valence-electron chi connectivity index (χ3n) is 4.05. The van der Waals surface area contributed by atoms with Crippen molar-refractivity contribution in [2.45, 2.75) is 6.42 Å². The van der Waals surface area contributed by atoms with Crippen molar-refractivity contribution in [1.29, 1.82) is 0 Å². The number of furan rings is 1. The number of carbonyl (C=O) groups is 2. The molecule has 2 aromatic carbocycles. The number of hydrogen-bond donors (Lipinski definition) is 0. The van der Waals surface area contributed by atoms with E-state index < -0.39 is 11.9 Å². The van der Waals surface area contributed by atoms with E-state index in [1.165, 1.54) is 18.4 Å². The van der Waals surface area contributed by atoms with Gasteiger partial charge in [-0.15, -0.1) is 0 Å². The fourth-order valence-electron chi connectivity index (χ4n) is 2.72. The van der Waals surface area contributed by atoms with Crippen molar-refractivity contribution in [3.8, 4) is 5.75 Å². The molecule has 0 fully saturated rings. The Balaban J connectivity index is 1.60. The molecule has 0 unspecified atom stereocenters. The highest BCUT2D eigenvalue weighted by molar-refractivity contribution is 9.10. The molecule has 0 aliphatic carbocycles. The molecule has 3 aromatic rings. The van der Waals surface area contributed by atoms with Crippen LogP contribution >= 0.6 is 15.9 Å². The van der Waals surface area contributed by atoms with E-state index >= 15 is 0 Å². The normalized spacial score (nSPS) is 14.6. The molecule has 4 rings (SSSR count). The van der Waals surface area contributed by atoms with Crippen LogP contribution in [0.2, 0.25) is 0 Å². The number of benzene rings is 2. The first-order valence-electron chi connectivity index (χ1n) is 8.69. The van der Waals surface area contributed by atoms with Gasteiger partial charge in [-0.1, -0.05) is 46.3 Å². The molecule has 1 aromatic heterocycles. The van der Waals surface area contributed by atoms with Gasteiger partial charge >= 0.3 is 11.9 Å². The van der Waals surface area contributed by atoms with Crippen LogP contribution in [0.1, 0.15) is 21.7 Å². The lowest BCUT2D eigenvalue weighted by atomic mass is 10.1. The first-order chi connectivity index (χ1) is 14.1. The summed E-state index contributed by atoms with van der Waals surface area (Å²) in [5, 5.41) is 0. The Labute approximate surface area is 174 Å². The van der Waals surface area contributed by atoms with E-state index in [1.807, 2.05) is 30.3 Å². The highest BCUT2D eigenvalue weighted by atomic mass is 79.9. The Hall–Kier alpha value is -3.45. The van der Waals surface area contributed by atoms with Crippen LogP contribution < -0.4 is 4.74 Å². The molecule has 0 saturated heterocycles. The molecule has 1 aliphatic heterocycles. The Kier molecular flexibility index (Phi) is 5.39. The van der Waals surface area contributed by atoms with Crippen LogP contribution in [0.4, 0.5) is 0 Å². The minimum atomic E-state index is -0.640. The molecule has 0 N–H and O–H groups in total. The summed E-state index contributed by atoms with van der Waals surface area (Å²) in [6.45, 7) is 0. The summed E-state index contributed by atoms with van der Waals surface area (Å²) in [5.41, 5.74) is 1.61. The van der Waals surface area contributed by atoms with Gasteiger partial charge < -0.3 is 13.9 Å². The highest BCUT2D eigenvalue weighted by Crippen LogP contribution is 2.28. The zero-order chi connectivity index (χ0) is 20.2.